The van der Waals surface area contributed by atoms with Gasteiger partial charge in [-0.1, -0.05) is 30.5 Å². The summed E-state index contributed by atoms with van der Waals surface area (Å²) in [6, 6.07) is 9.37. The van der Waals surface area contributed by atoms with Gasteiger partial charge in [0.1, 0.15) is 17.8 Å². The van der Waals surface area contributed by atoms with Crippen molar-refractivity contribution in [2.75, 3.05) is 20.2 Å². The fourth-order valence-corrected chi connectivity index (χ4v) is 2.86. The minimum atomic E-state index is -0.815. The quantitative estimate of drug-likeness (QED) is 0.839. The summed E-state index contributed by atoms with van der Waals surface area (Å²) < 4.78 is 5.58. The van der Waals surface area contributed by atoms with Crippen LogP contribution in [0.5, 0.6) is 5.75 Å². The van der Waals surface area contributed by atoms with E-state index in [1.54, 1.807) is 24.1 Å². The van der Waals surface area contributed by atoms with Gasteiger partial charge in [0.25, 0.3) is 0 Å². The van der Waals surface area contributed by atoms with E-state index >= 15 is 0 Å². The van der Waals surface area contributed by atoms with Crippen molar-refractivity contribution in [3.63, 3.8) is 0 Å². The van der Waals surface area contributed by atoms with E-state index < -0.39 is 5.41 Å². The molecule has 112 valence electrons. The Morgan fingerprint density at radius 1 is 1.48 bits per heavy atom. The molecule has 0 unspecified atom stereocenters. The largest absolute Gasteiger partial charge is 0.492 e. The molecule has 5 heteroatoms. The fraction of sp³-hybridized carbons (Fsp3) is 0.500. The zero-order chi connectivity index (χ0) is 15.3. The SMILES string of the molecule is CN(CCOc1cccc(Cl)c1)C(=O)C1(C#N)CCCC1. The standard InChI is InChI=1S/C16H19ClN2O2/c1-19(15(20)16(12-18)7-2-3-8-16)9-10-21-14-6-4-5-13(17)11-14/h4-6,11H,2-3,7-10H2,1H3. The van der Waals surface area contributed by atoms with E-state index in [9.17, 15) is 10.1 Å². The summed E-state index contributed by atoms with van der Waals surface area (Å²) in [4.78, 5) is 14.0. The highest BCUT2D eigenvalue weighted by Gasteiger charge is 2.43. The summed E-state index contributed by atoms with van der Waals surface area (Å²) in [7, 11) is 1.72. The van der Waals surface area contributed by atoms with Gasteiger partial charge in [-0.3, -0.25) is 4.79 Å². The van der Waals surface area contributed by atoms with Crippen molar-refractivity contribution in [1.82, 2.24) is 4.90 Å². The van der Waals surface area contributed by atoms with Crippen LogP contribution >= 0.6 is 11.6 Å². The van der Waals surface area contributed by atoms with Gasteiger partial charge in [-0.2, -0.15) is 5.26 Å². The van der Waals surface area contributed by atoms with Gasteiger partial charge in [0.2, 0.25) is 5.91 Å². The average Bonchev–Trinajstić information content (AvgIpc) is 2.96. The fourth-order valence-electron chi connectivity index (χ4n) is 2.68. The first-order valence-corrected chi connectivity index (χ1v) is 7.50. The number of hydrogen-bond acceptors (Lipinski definition) is 3. The van der Waals surface area contributed by atoms with Gasteiger partial charge < -0.3 is 9.64 Å². The van der Waals surface area contributed by atoms with Crippen molar-refractivity contribution >= 4 is 17.5 Å². The average molecular weight is 307 g/mol. The highest BCUT2D eigenvalue weighted by atomic mass is 35.5. The van der Waals surface area contributed by atoms with Crippen molar-refractivity contribution in [3.05, 3.63) is 29.3 Å². The molecule has 1 saturated carbocycles. The molecule has 0 aromatic heterocycles. The maximum absolute atomic E-state index is 12.4. The van der Waals surface area contributed by atoms with Crippen LogP contribution in [0.15, 0.2) is 24.3 Å². The number of benzene rings is 1. The first-order valence-electron chi connectivity index (χ1n) is 7.13. The number of likely N-dealkylation sites (N-methyl/N-ethyl adjacent to an activating group) is 1. The molecule has 0 N–H and O–H groups in total. The van der Waals surface area contributed by atoms with Crippen molar-refractivity contribution in [2.45, 2.75) is 25.7 Å². The van der Waals surface area contributed by atoms with Crippen LogP contribution < -0.4 is 4.74 Å². The van der Waals surface area contributed by atoms with Crippen LogP contribution in [-0.4, -0.2) is 31.0 Å². The Balaban J connectivity index is 1.86. The number of halogens is 1. The molecule has 2 rings (SSSR count). The third-order valence-corrected chi connectivity index (χ3v) is 4.15. The van der Waals surface area contributed by atoms with E-state index in [-0.39, 0.29) is 5.91 Å². The van der Waals surface area contributed by atoms with Crippen LogP contribution in [0.3, 0.4) is 0 Å². The number of carbonyl (C=O) groups is 1. The molecule has 4 nitrogen and oxygen atoms in total. The third kappa shape index (κ3) is 3.68. The highest BCUT2D eigenvalue weighted by molar-refractivity contribution is 6.30. The monoisotopic (exact) mass is 306 g/mol. The van der Waals surface area contributed by atoms with E-state index in [1.165, 1.54) is 0 Å². The van der Waals surface area contributed by atoms with Gasteiger partial charge in [-0.25, -0.2) is 0 Å². The predicted octanol–water partition coefficient (Wildman–Crippen LogP) is 3.26. The number of nitrogens with zero attached hydrogens (tertiary/aromatic N) is 2. The van der Waals surface area contributed by atoms with Gasteiger partial charge in [0.15, 0.2) is 0 Å². The molecule has 0 spiro atoms. The van der Waals surface area contributed by atoms with Crippen molar-refractivity contribution in [1.29, 1.82) is 5.26 Å². The summed E-state index contributed by atoms with van der Waals surface area (Å²) in [5.74, 6) is 0.594. The van der Waals surface area contributed by atoms with Crippen molar-refractivity contribution in [3.8, 4) is 11.8 Å². The molecule has 0 aliphatic heterocycles. The van der Waals surface area contributed by atoms with Crippen LogP contribution in [0.4, 0.5) is 0 Å². The predicted molar refractivity (Wildman–Crippen MR) is 81.1 cm³/mol. The van der Waals surface area contributed by atoms with E-state index in [0.29, 0.717) is 36.8 Å². The van der Waals surface area contributed by atoms with E-state index in [1.807, 2.05) is 12.1 Å². The van der Waals surface area contributed by atoms with Crippen LogP contribution in [0.2, 0.25) is 5.02 Å². The smallest absolute Gasteiger partial charge is 0.242 e. The lowest BCUT2D eigenvalue weighted by atomic mass is 9.86. The Kier molecular flexibility index (Phi) is 5.08. The lowest BCUT2D eigenvalue weighted by Gasteiger charge is -2.26. The maximum Gasteiger partial charge on any atom is 0.242 e. The third-order valence-electron chi connectivity index (χ3n) is 3.92. The number of carbonyl (C=O) groups excluding carboxylic acids is 1. The molecule has 1 aromatic rings. The zero-order valence-electron chi connectivity index (χ0n) is 12.1. The first-order chi connectivity index (χ1) is 10.1. The van der Waals surface area contributed by atoms with Gasteiger partial charge >= 0.3 is 0 Å². The topological polar surface area (TPSA) is 53.3 Å². The van der Waals surface area contributed by atoms with Crippen LogP contribution in [-0.2, 0) is 4.79 Å². The van der Waals surface area contributed by atoms with Crippen LogP contribution in [0, 0.1) is 16.7 Å². The molecule has 1 fully saturated rings. The molecule has 1 aromatic carbocycles. The number of rotatable bonds is 5. The number of nitriles is 1. The maximum atomic E-state index is 12.4. The lowest BCUT2D eigenvalue weighted by molar-refractivity contribution is -0.137. The van der Waals surface area contributed by atoms with E-state index in [2.05, 4.69) is 6.07 Å². The normalized spacial score (nSPS) is 16.2. The second-order valence-electron chi connectivity index (χ2n) is 5.43. The Morgan fingerprint density at radius 3 is 2.81 bits per heavy atom. The second kappa shape index (κ2) is 6.82. The molecule has 0 atom stereocenters. The molecule has 0 saturated heterocycles. The summed E-state index contributed by atoms with van der Waals surface area (Å²) in [6.45, 7) is 0.832. The van der Waals surface area contributed by atoms with Crippen LogP contribution in [0.25, 0.3) is 0 Å². The zero-order valence-corrected chi connectivity index (χ0v) is 12.9. The summed E-state index contributed by atoms with van der Waals surface area (Å²) in [5.41, 5.74) is -0.815. The van der Waals surface area contributed by atoms with E-state index in [0.717, 1.165) is 12.8 Å². The molecular weight excluding hydrogens is 288 g/mol. The molecule has 21 heavy (non-hydrogen) atoms. The number of amides is 1. The Hall–Kier alpha value is -1.73. The Bertz CT molecular complexity index is 547. The minimum absolute atomic E-state index is 0.0859. The van der Waals surface area contributed by atoms with Gasteiger partial charge in [0.05, 0.1) is 12.6 Å². The van der Waals surface area contributed by atoms with Gasteiger partial charge in [-0.15, -0.1) is 0 Å². The van der Waals surface area contributed by atoms with Gasteiger partial charge in [-0.05, 0) is 31.0 Å². The summed E-state index contributed by atoms with van der Waals surface area (Å²) >= 11 is 5.88. The van der Waals surface area contributed by atoms with Gasteiger partial charge in [0, 0.05) is 12.1 Å². The number of hydrogen-bond donors (Lipinski definition) is 0. The first kappa shape index (κ1) is 15.7. The molecule has 1 amide bonds. The Labute approximate surface area is 130 Å². The van der Waals surface area contributed by atoms with E-state index in [4.69, 9.17) is 16.3 Å². The minimum Gasteiger partial charge on any atom is -0.492 e. The van der Waals surface area contributed by atoms with Crippen molar-refractivity contribution < 1.29 is 9.53 Å². The number of ether oxygens (including phenoxy) is 1. The second-order valence-corrected chi connectivity index (χ2v) is 5.87. The van der Waals surface area contributed by atoms with Crippen molar-refractivity contribution in [2.24, 2.45) is 5.41 Å². The molecule has 0 heterocycles. The molecule has 0 bridgehead atoms. The highest BCUT2D eigenvalue weighted by Crippen LogP contribution is 2.38. The molecule has 1 aliphatic rings. The molecule has 0 radical (unpaired) electrons. The molecular formula is C16H19ClN2O2. The summed E-state index contributed by atoms with van der Waals surface area (Å²) in [6.07, 6.45) is 3.24. The van der Waals surface area contributed by atoms with Crippen LogP contribution in [0.1, 0.15) is 25.7 Å². The molecule has 1 aliphatic carbocycles. The summed E-state index contributed by atoms with van der Waals surface area (Å²) in [5, 5.41) is 9.94. The Morgan fingerprint density at radius 2 is 2.19 bits per heavy atom. The lowest BCUT2D eigenvalue weighted by Crippen LogP contribution is -2.41.